The number of anilines is 1. The second kappa shape index (κ2) is 12.8. The standard InChI is InChI=1S/C33H37N5O3/c1-22(28-21-35-29-13-6-5-12-27(28)29)30(32(40)36-26-11-7-8-23(20-26)14-17-34)37-31(39)24-15-18-38(19-16-24)33(41)25-9-3-2-4-10-25/h2-13,20-22,24,30,35H,14-19,34H2,1H3,(H,36,40)(H,37,39)/t22-,30+/m0/s1. The largest absolute Gasteiger partial charge is 0.361 e. The Bertz CT molecular complexity index is 1510. The average molecular weight is 552 g/mol. The summed E-state index contributed by atoms with van der Waals surface area (Å²) >= 11 is 0. The van der Waals surface area contributed by atoms with E-state index < -0.39 is 6.04 Å². The summed E-state index contributed by atoms with van der Waals surface area (Å²) in [7, 11) is 0. The van der Waals surface area contributed by atoms with E-state index in [1.54, 1.807) is 4.90 Å². The summed E-state index contributed by atoms with van der Waals surface area (Å²) in [4.78, 5) is 45.3. The highest BCUT2D eigenvalue weighted by Gasteiger charge is 2.34. The summed E-state index contributed by atoms with van der Waals surface area (Å²) < 4.78 is 0. The van der Waals surface area contributed by atoms with Crippen molar-refractivity contribution in [2.45, 2.75) is 38.1 Å². The number of aromatic nitrogens is 1. The minimum Gasteiger partial charge on any atom is -0.361 e. The molecule has 1 saturated heterocycles. The van der Waals surface area contributed by atoms with Crippen molar-refractivity contribution < 1.29 is 14.4 Å². The van der Waals surface area contributed by atoms with E-state index in [0.717, 1.165) is 22.0 Å². The molecule has 8 heteroatoms. The number of hydrogen-bond donors (Lipinski definition) is 4. The fourth-order valence-corrected chi connectivity index (χ4v) is 5.64. The van der Waals surface area contributed by atoms with Crippen LogP contribution in [-0.4, -0.2) is 53.3 Å². The van der Waals surface area contributed by atoms with Gasteiger partial charge in [0.15, 0.2) is 0 Å². The van der Waals surface area contributed by atoms with E-state index in [4.69, 9.17) is 5.73 Å². The van der Waals surface area contributed by atoms with Crippen molar-refractivity contribution in [1.82, 2.24) is 15.2 Å². The molecule has 4 aromatic rings. The Morgan fingerprint density at radius 1 is 0.976 bits per heavy atom. The zero-order chi connectivity index (χ0) is 28.8. The lowest BCUT2D eigenvalue weighted by Gasteiger charge is -2.33. The van der Waals surface area contributed by atoms with Gasteiger partial charge in [-0.3, -0.25) is 14.4 Å². The molecule has 0 saturated carbocycles. The van der Waals surface area contributed by atoms with Crippen LogP contribution in [0.2, 0.25) is 0 Å². The zero-order valence-corrected chi connectivity index (χ0v) is 23.3. The number of hydrogen-bond acceptors (Lipinski definition) is 4. The fourth-order valence-electron chi connectivity index (χ4n) is 5.64. The van der Waals surface area contributed by atoms with Crippen LogP contribution >= 0.6 is 0 Å². The molecule has 2 heterocycles. The molecule has 0 spiro atoms. The van der Waals surface area contributed by atoms with Gasteiger partial charge in [-0.05, 0) is 67.3 Å². The van der Waals surface area contributed by atoms with E-state index in [-0.39, 0.29) is 29.6 Å². The number of carbonyl (C=O) groups is 3. The van der Waals surface area contributed by atoms with Crippen LogP contribution in [0.25, 0.3) is 10.9 Å². The summed E-state index contributed by atoms with van der Waals surface area (Å²) in [5.41, 5.74) is 10.0. The van der Waals surface area contributed by atoms with Gasteiger partial charge in [0.05, 0.1) is 0 Å². The molecule has 0 radical (unpaired) electrons. The highest BCUT2D eigenvalue weighted by molar-refractivity contribution is 5.99. The summed E-state index contributed by atoms with van der Waals surface area (Å²) in [6.45, 7) is 3.47. The molecule has 3 aromatic carbocycles. The number of piperidine rings is 1. The topological polar surface area (TPSA) is 120 Å². The van der Waals surface area contributed by atoms with Gasteiger partial charge in [-0.1, -0.05) is 55.5 Å². The van der Waals surface area contributed by atoms with Crippen molar-refractivity contribution >= 4 is 34.3 Å². The average Bonchev–Trinajstić information content (AvgIpc) is 3.44. The number of nitrogens with zero attached hydrogens (tertiary/aromatic N) is 1. The first kappa shape index (κ1) is 28.1. The third kappa shape index (κ3) is 6.49. The predicted molar refractivity (Wildman–Crippen MR) is 162 cm³/mol. The zero-order valence-electron chi connectivity index (χ0n) is 23.3. The quantitative estimate of drug-likeness (QED) is 0.246. The molecular weight excluding hydrogens is 514 g/mol. The Morgan fingerprint density at radius 3 is 2.46 bits per heavy atom. The lowest BCUT2D eigenvalue weighted by molar-refractivity contribution is -0.130. The maximum absolute atomic E-state index is 13.8. The number of rotatable bonds is 9. The van der Waals surface area contributed by atoms with Gasteiger partial charge >= 0.3 is 0 Å². The van der Waals surface area contributed by atoms with Crippen LogP contribution < -0.4 is 16.4 Å². The van der Waals surface area contributed by atoms with Gasteiger partial charge in [0.2, 0.25) is 11.8 Å². The van der Waals surface area contributed by atoms with E-state index in [0.29, 0.717) is 50.1 Å². The van der Waals surface area contributed by atoms with Gasteiger partial charge in [0.1, 0.15) is 6.04 Å². The SMILES string of the molecule is C[C@@H](c1c[nH]c2ccccc12)[C@@H](NC(=O)C1CCN(C(=O)c2ccccc2)CC1)C(=O)Nc1cccc(CCN)c1. The van der Waals surface area contributed by atoms with Gasteiger partial charge in [-0.15, -0.1) is 0 Å². The van der Waals surface area contributed by atoms with Crippen LogP contribution in [0.4, 0.5) is 5.69 Å². The van der Waals surface area contributed by atoms with Gasteiger partial charge < -0.3 is 26.3 Å². The number of nitrogens with two attached hydrogens (primary N) is 1. The molecule has 5 rings (SSSR count). The molecule has 1 aliphatic rings. The van der Waals surface area contributed by atoms with E-state index >= 15 is 0 Å². The van der Waals surface area contributed by atoms with Crippen LogP contribution in [0, 0.1) is 5.92 Å². The lowest BCUT2D eigenvalue weighted by Crippen LogP contribution is -2.50. The number of nitrogens with one attached hydrogen (secondary N) is 3. The van der Waals surface area contributed by atoms with E-state index in [1.165, 1.54) is 0 Å². The minimum absolute atomic E-state index is 0.0217. The fraction of sp³-hybridized carbons (Fsp3) is 0.303. The molecule has 41 heavy (non-hydrogen) atoms. The Morgan fingerprint density at radius 2 is 1.71 bits per heavy atom. The second-order valence-electron chi connectivity index (χ2n) is 10.7. The first-order valence-corrected chi connectivity index (χ1v) is 14.2. The van der Waals surface area contributed by atoms with Gasteiger partial charge in [0, 0.05) is 53.3 Å². The number of amides is 3. The number of H-pyrrole nitrogens is 1. The molecule has 0 bridgehead atoms. The highest BCUT2D eigenvalue weighted by Crippen LogP contribution is 2.29. The first-order chi connectivity index (χ1) is 19.9. The smallest absolute Gasteiger partial charge is 0.253 e. The maximum Gasteiger partial charge on any atom is 0.253 e. The summed E-state index contributed by atoms with van der Waals surface area (Å²) in [6, 6.07) is 24.0. The van der Waals surface area contributed by atoms with E-state index in [1.807, 2.05) is 92.0 Å². The van der Waals surface area contributed by atoms with Crippen molar-refractivity contribution in [3.8, 4) is 0 Å². The van der Waals surface area contributed by atoms with Gasteiger partial charge in [-0.25, -0.2) is 0 Å². The Hall–Kier alpha value is -4.43. The normalized spacial score (nSPS) is 15.3. The van der Waals surface area contributed by atoms with Crippen LogP contribution in [0.15, 0.2) is 85.1 Å². The van der Waals surface area contributed by atoms with Crippen molar-refractivity contribution in [2.75, 3.05) is 25.0 Å². The first-order valence-electron chi connectivity index (χ1n) is 14.2. The Kier molecular flexibility index (Phi) is 8.79. The van der Waals surface area contributed by atoms with Gasteiger partial charge in [-0.2, -0.15) is 0 Å². The van der Waals surface area contributed by atoms with E-state index in [2.05, 4.69) is 15.6 Å². The Balaban J connectivity index is 1.32. The monoisotopic (exact) mass is 551 g/mol. The van der Waals surface area contributed by atoms with Crippen LogP contribution in [0.3, 0.4) is 0 Å². The summed E-state index contributed by atoms with van der Waals surface area (Å²) in [6.07, 6.45) is 3.71. The maximum atomic E-state index is 13.8. The molecule has 3 amide bonds. The number of fused-ring (bicyclic) bond motifs is 1. The summed E-state index contributed by atoms with van der Waals surface area (Å²) in [5, 5.41) is 7.13. The molecule has 0 unspecified atom stereocenters. The van der Waals surface area contributed by atoms with Crippen molar-refractivity contribution in [3.05, 3.63) is 102 Å². The van der Waals surface area contributed by atoms with Crippen LogP contribution in [0.1, 0.15) is 47.2 Å². The second-order valence-corrected chi connectivity index (χ2v) is 10.7. The molecule has 2 atom stereocenters. The molecule has 1 aliphatic heterocycles. The predicted octanol–water partition coefficient (Wildman–Crippen LogP) is 4.45. The minimum atomic E-state index is -0.802. The molecule has 212 valence electrons. The number of para-hydroxylation sites is 1. The van der Waals surface area contributed by atoms with Crippen molar-refractivity contribution in [1.29, 1.82) is 0 Å². The van der Waals surface area contributed by atoms with E-state index in [9.17, 15) is 14.4 Å². The number of carbonyl (C=O) groups excluding carboxylic acids is 3. The molecule has 0 aliphatic carbocycles. The molecule has 5 N–H and O–H groups in total. The number of likely N-dealkylation sites (tertiary alicyclic amines) is 1. The Labute approximate surface area is 240 Å². The molecule has 1 aromatic heterocycles. The third-order valence-corrected chi connectivity index (χ3v) is 7.99. The summed E-state index contributed by atoms with van der Waals surface area (Å²) in [5.74, 6) is -1.06. The van der Waals surface area contributed by atoms with Crippen LogP contribution in [-0.2, 0) is 16.0 Å². The molecular formula is C33H37N5O3. The number of benzene rings is 3. The molecule has 1 fully saturated rings. The third-order valence-electron chi connectivity index (χ3n) is 7.99. The molecule has 8 nitrogen and oxygen atoms in total. The lowest BCUT2D eigenvalue weighted by atomic mass is 9.90. The van der Waals surface area contributed by atoms with Crippen molar-refractivity contribution in [3.63, 3.8) is 0 Å². The number of aromatic amines is 1. The van der Waals surface area contributed by atoms with Crippen LogP contribution in [0.5, 0.6) is 0 Å². The highest BCUT2D eigenvalue weighted by atomic mass is 16.2. The van der Waals surface area contributed by atoms with Gasteiger partial charge in [0.25, 0.3) is 5.91 Å². The van der Waals surface area contributed by atoms with Crippen molar-refractivity contribution in [2.24, 2.45) is 11.7 Å².